The van der Waals surface area contributed by atoms with Gasteiger partial charge in [-0.3, -0.25) is 24.1 Å². The maximum atomic E-state index is 13.2. The molecule has 212 valence electrons. The van der Waals surface area contributed by atoms with Gasteiger partial charge in [0, 0.05) is 24.4 Å². The molecule has 0 spiro atoms. The minimum Gasteiger partial charge on any atom is -0.459 e. The summed E-state index contributed by atoms with van der Waals surface area (Å²) in [6, 6.07) is -0.917. The number of azide groups is 1. The Hall–Kier alpha value is -2.85. The van der Waals surface area contributed by atoms with Crippen LogP contribution >= 0.6 is 0 Å². The van der Waals surface area contributed by atoms with Crippen LogP contribution in [0.4, 0.5) is 0 Å². The van der Waals surface area contributed by atoms with Crippen LogP contribution in [-0.2, 0) is 33.4 Å². The predicted molar refractivity (Wildman–Crippen MR) is 138 cm³/mol. The van der Waals surface area contributed by atoms with E-state index in [4.69, 9.17) is 19.7 Å². The Morgan fingerprint density at radius 3 is 1.76 bits per heavy atom. The molecule has 0 aromatic carbocycles. The molecule has 12 heteroatoms. The van der Waals surface area contributed by atoms with E-state index in [1.54, 1.807) is 62.3 Å². The maximum absolute atomic E-state index is 13.2. The predicted octanol–water partition coefficient (Wildman–Crippen LogP) is 3.67. The molecule has 0 aromatic heterocycles. The van der Waals surface area contributed by atoms with Crippen molar-refractivity contribution in [3.63, 3.8) is 0 Å². The maximum Gasteiger partial charge on any atom is 0.323 e. The lowest BCUT2D eigenvalue weighted by Crippen LogP contribution is -2.50. The number of unbranched alkanes of at least 4 members (excludes halogenated alkanes) is 1. The van der Waals surface area contributed by atoms with Crippen LogP contribution < -0.4 is 5.32 Å². The van der Waals surface area contributed by atoms with Crippen molar-refractivity contribution in [1.29, 1.82) is 0 Å². The lowest BCUT2D eigenvalue weighted by atomic mass is 10.1. The lowest BCUT2D eigenvalue weighted by Gasteiger charge is -2.33. The Bertz CT molecular complexity index is 789. The van der Waals surface area contributed by atoms with Gasteiger partial charge in [0.2, 0.25) is 5.91 Å². The second kappa shape index (κ2) is 15.4. The fourth-order valence-electron chi connectivity index (χ4n) is 3.15. The molecule has 0 aliphatic carbocycles. The number of amides is 1. The van der Waals surface area contributed by atoms with E-state index in [-0.39, 0.29) is 38.4 Å². The molecule has 0 rings (SSSR count). The average Bonchev–Trinajstić information content (AvgIpc) is 2.66. The first-order valence-electron chi connectivity index (χ1n) is 12.5. The van der Waals surface area contributed by atoms with E-state index in [2.05, 4.69) is 15.3 Å². The summed E-state index contributed by atoms with van der Waals surface area (Å²) < 4.78 is 16.5. The number of hydrogen-bond donors (Lipinski definition) is 1. The SMILES string of the molecule is CC(C)(C)OC(=O)CN(CC(=O)OC(C)(C)C)C(CCCCNC(=O)CCN=[N+]=[N-])C(=O)OC(C)(C)C. The van der Waals surface area contributed by atoms with Crippen molar-refractivity contribution in [2.45, 2.75) is 111 Å². The van der Waals surface area contributed by atoms with Crippen LogP contribution in [0.5, 0.6) is 0 Å². The van der Waals surface area contributed by atoms with Gasteiger partial charge in [-0.1, -0.05) is 5.11 Å². The van der Waals surface area contributed by atoms with Gasteiger partial charge < -0.3 is 19.5 Å². The summed E-state index contributed by atoms with van der Waals surface area (Å²) in [5.74, 6) is -1.99. The van der Waals surface area contributed by atoms with Crippen LogP contribution in [0.1, 0.15) is 88.0 Å². The van der Waals surface area contributed by atoms with Gasteiger partial charge in [-0.25, -0.2) is 0 Å². The zero-order chi connectivity index (χ0) is 28.9. The van der Waals surface area contributed by atoms with Crippen LogP contribution in [0.25, 0.3) is 10.4 Å². The third-order valence-corrected chi connectivity index (χ3v) is 4.35. The quantitative estimate of drug-likeness (QED) is 0.0894. The average molecular weight is 528 g/mol. The van der Waals surface area contributed by atoms with Crippen LogP contribution in [0.2, 0.25) is 0 Å². The summed E-state index contributed by atoms with van der Waals surface area (Å²) in [6.45, 7) is 15.4. The second-order valence-electron chi connectivity index (χ2n) is 11.7. The molecule has 0 fully saturated rings. The van der Waals surface area contributed by atoms with Crippen LogP contribution in [0.15, 0.2) is 5.11 Å². The third-order valence-electron chi connectivity index (χ3n) is 4.35. The summed E-state index contributed by atoms with van der Waals surface area (Å²) in [4.78, 5) is 54.3. The molecule has 1 N–H and O–H groups in total. The molecule has 0 saturated carbocycles. The first-order valence-corrected chi connectivity index (χ1v) is 12.5. The van der Waals surface area contributed by atoms with Crippen molar-refractivity contribution in [2.75, 3.05) is 26.2 Å². The summed E-state index contributed by atoms with van der Waals surface area (Å²) in [6.07, 6.45) is 1.40. The Kier molecular flexibility index (Phi) is 14.2. The Morgan fingerprint density at radius 1 is 0.838 bits per heavy atom. The summed E-state index contributed by atoms with van der Waals surface area (Å²) in [5, 5.41) is 6.05. The number of rotatable bonds is 14. The van der Waals surface area contributed by atoms with Crippen molar-refractivity contribution in [1.82, 2.24) is 10.2 Å². The van der Waals surface area contributed by atoms with E-state index >= 15 is 0 Å². The number of nitrogens with one attached hydrogen (secondary N) is 1. The smallest absolute Gasteiger partial charge is 0.323 e. The van der Waals surface area contributed by atoms with Gasteiger partial charge in [0.05, 0.1) is 13.1 Å². The van der Waals surface area contributed by atoms with E-state index in [1.807, 2.05) is 0 Å². The number of carbonyl (C=O) groups is 4. The van der Waals surface area contributed by atoms with Gasteiger partial charge in [-0.2, -0.15) is 0 Å². The molecule has 1 unspecified atom stereocenters. The monoisotopic (exact) mass is 527 g/mol. The molecule has 1 atom stereocenters. The molecule has 0 aliphatic heterocycles. The molecule has 0 radical (unpaired) electrons. The molecule has 12 nitrogen and oxygen atoms in total. The fourth-order valence-corrected chi connectivity index (χ4v) is 3.15. The fraction of sp³-hybridized carbons (Fsp3) is 0.840. The van der Waals surface area contributed by atoms with E-state index in [9.17, 15) is 19.2 Å². The van der Waals surface area contributed by atoms with Crippen molar-refractivity contribution >= 4 is 23.8 Å². The molecular formula is C25H45N5O7. The second-order valence-corrected chi connectivity index (χ2v) is 11.7. The number of ether oxygens (including phenoxy) is 3. The topological polar surface area (TPSA) is 160 Å². The van der Waals surface area contributed by atoms with Gasteiger partial charge in [0.25, 0.3) is 0 Å². The number of carbonyl (C=O) groups excluding carboxylic acids is 4. The van der Waals surface area contributed by atoms with E-state index < -0.39 is 40.8 Å². The van der Waals surface area contributed by atoms with Crippen molar-refractivity contribution in [2.24, 2.45) is 5.11 Å². The van der Waals surface area contributed by atoms with E-state index in [0.717, 1.165) is 0 Å². The first kappa shape index (κ1) is 34.1. The van der Waals surface area contributed by atoms with Crippen molar-refractivity contribution in [3.8, 4) is 0 Å². The normalized spacial score (nSPS) is 12.8. The standard InChI is InChI=1S/C25H45N5O7/c1-23(2,3)35-20(32)16-30(17-21(33)36-24(4,5)6)18(22(34)37-25(7,8)9)12-10-11-14-27-19(31)13-15-28-29-26/h18H,10-17H2,1-9H3,(H,27,31). The van der Waals surface area contributed by atoms with Crippen LogP contribution in [0, 0.1) is 0 Å². The molecule has 37 heavy (non-hydrogen) atoms. The molecule has 0 heterocycles. The molecule has 1 amide bonds. The zero-order valence-electron chi connectivity index (χ0n) is 23.9. The highest BCUT2D eigenvalue weighted by atomic mass is 16.6. The largest absolute Gasteiger partial charge is 0.459 e. The van der Waals surface area contributed by atoms with Gasteiger partial charge in [-0.15, -0.1) is 0 Å². The van der Waals surface area contributed by atoms with Gasteiger partial charge in [0.15, 0.2) is 0 Å². The lowest BCUT2D eigenvalue weighted by molar-refractivity contribution is -0.168. The third kappa shape index (κ3) is 19.0. The molecule has 0 saturated heterocycles. The van der Waals surface area contributed by atoms with Gasteiger partial charge in [-0.05, 0) is 87.1 Å². The van der Waals surface area contributed by atoms with Crippen molar-refractivity contribution < 1.29 is 33.4 Å². The highest BCUT2D eigenvalue weighted by Gasteiger charge is 2.34. The van der Waals surface area contributed by atoms with Gasteiger partial charge >= 0.3 is 17.9 Å². The Balaban J connectivity index is 5.57. The minimum absolute atomic E-state index is 0.0767. The summed E-state index contributed by atoms with van der Waals surface area (Å²) in [5.41, 5.74) is 6.02. The zero-order valence-corrected chi connectivity index (χ0v) is 23.9. The Morgan fingerprint density at radius 2 is 1.32 bits per heavy atom. The van der Waals surface area contributed by atoms with Gasteiger partial charge in [0.1, 0.15) is 22.8 Å². The Labute approximate surface area is 220 Å². The highest BCUT2D eigenvalue weighted by Crippen LogP contribution is 2.18. The summed E-state index contributed by atoms with van der Waals surface area (Å²) in [7, 11) is 0. The van der Waals surface area contributed by atoms with E-state index in [1.165, 1.54) is 4.90 Å². The molecule has 0 aromatic rings. The number of nitrogens with zero attached hydrogens (tertiary/aromatic N) is 4. The molecular weight excluding hydrogens is 482 g/mol. The molecule has 0 bridgehead atoms. The molecule has 0 aliphatic rings. The minimum atomic E-state index is -0.917. The first-order chi connectivity index (χ1) is 16.8. The van der Waals surface area contributed by atoms with Crippen LogP contribution in [-0.4, -0.2) is 77.7 Å². The number of esters is 3. The number of hydrogen-bond acceptors (Lipinski definition) is 9. The van der Waals surface area contributed by atoms with Crippen LogP contribution in [0.3, 0.4) is 0 Å². The van der Waals surface area contributed by atoms with E-state index in [0.29, 0.717) is 19.4 Å². The summed E-state index contributed by atoms with van der Waals surface area (Å²) >= 11 is 0. The van der Waals surface area contributed by atoms with Crippen molar-refractivity contribution in [3.05, 3.63) is 10.4 Å². The highest BCUT2D eigenvalue weighted by molar-refractivity contribution is 5.80.